The largest absolute Gasteiger partial charge is 0.494 e. The second-order valence-corrected chi connectivity index (χ2v) is 6.49. The van der Waals surface area contributed by atoms with Crippen molar-refractivity contribution in [3.63, 3.8) is 0 Å². The molecule has 0 spiro atoms. The third-order valence-electron chi connectivity index (χ3n) is 4.20. The average Bonchev–Trinajstić information content (AvgIpc) is 3.09. The van der Waals surface area contributed by atoms with Crippen molar-refractivity contribution >= 4 is 17.5 Å². The second kappa shape index (κ2) is 9.44. The van der Waals surface area contributed by atoms with Crippen molar-refractivity contribution in [3.8, 4) is 17.0 Å². The minimum absolute atomic E-state index is 0.607. The number of methoxy groups -OCH3 is 1. The zero-order valence-electron chi connectivity index (χ0n) is 15.6. The van der Waals surface area contributed by atoms with E-state index in [-0.39, 0.29) is 0 Å². The molecule has 6 heteroatoms. The molecule has 0 aliphatic rings. The maximum absolute atomic E-state index is 5.95. The molecule has 3 aromatic rings. The van der Waals surface area contributed by atoms with Gasteiger partial charge in [0.25, 0.3) is 0 Å². The SMILES string of the molecule is CCOc1ccc(-c2cnc(NCc3ccc(Cl)cc3)n2CCOC)cc1. The van der Waals surface area contributed by atoms with E-state index in [1.807, 2.05) is 61.7 Å². The summed E-state index contributed by atoms with van der Waals surface area (Å²) in [4.78, 5) is 4.58. The van der Waals surface area contributed by atoms with Crippen LogP contribution in [0.1, 0.15) is 12.5 Å². The van der Waals surface area contributed by atoms with E-state index in [1.165, 1.54) is 0 Å². The first-order valence-corrected chi connectivity index (χ1v) is 9.35. The number of hydrogen-bond acceptors (Lipinski definition) is 4. The molecule has 3 rings (SSSR count). The van der Waals surface area contributed by atoms with E-state index in [0.717, 1.165) is 33.5 Å². The minimum Gasteiger partial charge on any atom is -0.494 e. The topological polar surface area (TPSA) is 48.3 Å². The molecule has 0 fully saturated rings. The molecular formula is C21H24ClN3O2. The zero-order chi connectivity index (χ0) is 19.1. The number of ether oxygens (including phenoxy) is 2. The van der Waals surface area contributed by atoms with Crippen molar-refractivity contribution in [2.75, 3.05) is 25.6 Å². The first kappa shape index (κ1) is 19.3. The van der Waals surface area contributed by atoms with Crippen molar-refractivity contribution < 1.29 is 9.47 Å². The van der Waals surface area contributed by atoms with Crippen LogP contribution in [0.25, 0.3) is 11.3 Å². The van der Waals surface area contributed by atoms with Gasteiger partial charge < -0.3 is 19.4 Å². The number of rotatable bonds is 9. The van der Waals surface area contributed by atoms with Crippen molar-refractivity contribution in [2.24, 2.45) is 0 Å². The van der Waals surface area contributed by atoms with Gasteiger partial charge in [-0.1, -0.05) is 23.7 Å². The fourth-order valence-electron chi connectivity index (χ4n) is 2.83. The van der Waals surface area contributed by atoms with Gasteiger partial charge in [0.1, 0.15) is 5.75 Å². The predicted molar refractivity (Wildman–Crippen MR) is 109 cm³/mol. The van der Waals surface area contributed by atoms with Gasteiger partial charge in [-0.15, -0.1) is 0 Å². The molecule has 0 saturated carbocycles. The fraction of sp³-hybridized carbons (Fsp3) is 0.286. The molecule has 0 bridgehead atoms. The lowest BCUT2D eigenvalue weighted by molar-refractivity contribution is 0.188. The normalized spacial score (nSPS) is 10.8. The van der Waals surface area contributed by atoms with Gasteiger partial charge in [0.05, 0.1) is 25.1 Å². The molecule has 1 N–H and O–H groups in total. The molecule has 0 aliphatic carbocycles. The molecule has 0 atom stereocenters. The maximum atomic E-state index is 5.95. The smallest absolute Gasteiger partial charge is 0.203 e. The number of nitrogens with zero attached hydrogens (tertiary/aromatic N) is 2. The molecule has 2 aromatic carbocycles. The quantitative estimate of drug-likeness (QED) is 0.571. The Kier molecular flexibility index (Phi) is 6.74. The van der Waals surface area contributed by atoms with E-state index >= 15 is 0 Å². The number of aromatic nitrogens is 2. The third kappa shape index (κ3) is 5.02. The van der Waals surface area contributed by atoms with E-state index in [1.54, 1.807) is 7.11 Å². The molecule has 0 unspecified atom stereocenters. The summed E-state index contributed by atoms with van der Waals surface area (Å²) < 4.78 is 12.9. The lowest BCUT2D eigenvalue weighted by Crippen LogP contribution is -2.11. The number of halogens is 1. The summed E-state index contributed by atoms with van der Waals surface area (Å²) >= 11 is 5.95. The Balaban J connectivity index is 1.80. The highest BCUT2D eigenvalue weighted by molar-refractivity contribution is 6.30. The molecule has 1 heterocycles. The maximum Gasteiger partial charge on any atom is 0.203 e. The van der Waals surface area contributed by atoms with Crippen LogP contribution < -0.4 is 10.1 Å². The van der Waals surface area contributed by atoms with Crippen molar-refractivity contribution in [3.05, 3.63) is 65.3 Å². The molecule has 27 heavy (non-hydrogen) atoms. The first-order chi connectivity index (χ1) is 13.2. The second-order valence-electron chi connectivity index (χ2n) is 6.05. The molecule has 5 nitrogen and oxygen atoms in total. The van der Waals surface area contributed by atoms with Gasteiger partial charge in [-0.05, 0) is 48.9 Å². The number of nitrogens with one attached hydrogen (secondary N) is 1. The lowest BCUT2D eigenvalue weighted by Gasteiger charge is -2.13. The van der Waals surface area contributed by atoms with Crippen molar-refractivity contribution in [2.45, 2.75) is 20.0 Å². The Morgan fingerprint density at radius 3 is 2.48 bits per heavy atom. The highest BCUT2D eigenvalue weighted by atomic mass is 35.5. The zero-order valence-corrected chi connectivity index (χ0v) is 16.4. The Labute approximate surface area is 164 Å². The van der Waals surface area contributed by atoms with Crippen molar-refractivity contribution in [1.29, 1.82) is 0 Å². The summed E-state index contributed by atoms with van der Waals surface area (Å²) in [6.45, 7) is 4.62. The summed E-state index contributed by atoms with van der Waals surface area (Å²) in [5.74, 6) is 1.68. The number of anilines is 1. The fourth-order valence-corrected chi connectivity index (χ4v) is 2.95. The van der Waals surface area contributed by atoms with Crippen LogP contribution in [-0.4, -0.2) is 29.9 Å². The molecule has 142 valence electrons. The summed E-state index contributed by atoms with van der Waals surface area (Å²) in [5, 5.41) is 4.14. The third-order valence-corrected chi connectivity index (χ3v) is 4.45. The highest BCUT2D eigenvalue weighted by Gasteiger charge is 2.12. The molecular weight excluding hydrogens is 362 g/mol. The van der Waals surface area contributed by atoms with E-state index in [0.29, 0.717) is 26.3 Å². The number of benzene rings is 2. The van der Waals surface area contributed by atoms with Crippen LogP contribution in [0.15, 0.2) is 54.7 Å². The average molecular weight is 386 g/mol. The van der Waals surface area contributed by atoms with Gasteiger partial charge in [-0.25, -0.2) is 4.98 Å². The van der Waals surface area contributed by atoms with Gasteiger partial charge in [0, 0.05) is 30.8 Å². The Morgan fingerprint density at radius 2 is 1.81 bits per heavy atom. The Morgan fingerprint density at radius 1 is 1.07 bits per heavy atom. The summed E-state index contributed by atoms with van der Waals surface area (Å²) in [6.07, 6.45) is 1.88. The van der Waals surface area contributed by atoms with Crippen LogP contribution in [-0.2, 0) is 17.8 Å². The van der Waals surface area contributed by atoms with Crippen LogP contribution in [0.5, 0.6) is 5.75 Å². The number of hydrogen-bond donors (Lipinski definition) is 1. The summed E-state index contributed by atoms with van der Waals surface area (Å²) in [7, 11) is 1.70. The minimum atomic E-state index is 0.607. The lowest BCUT2D eigenvalue weighted by atomic mass is 10.1. The van der Waals surface area contributed by atoms with Gasteiger partial charge in [-0.3, -0.25) is 0 Å². The standard InChI is InChI=1S/C21H24ClN3O2/c1-3-27-19-10-6-17(7-11-19)20-15-24-21(25(20)12-13-26-2)23-14-16-4-8-18(22)9-5-16/h4-11,15H,3,12-14H2,1-2H3,(H,23,24). The predicted octanol–water partition coefficient (Wildman–Crippen LogP) is 4.86. The van der Waals surface area contributed by atoms with Crippen LogP contribution >= 0.6 is 11.6 Å². The molecule has 0 amide bonds. The van der Waals surface area contributed by atoms with Crippen LogP contribution in [0.3, 0.4) is 0 Å². The van der Waals surface area contributed by atoms with E-state index in [4.69, 9.17) is 21.1 Å². The van der Waals surface area contributed by atoms with Crippen LogP contribution in [0.2, 0.25) is 5.02 Å². The molecule has 1 aromatic heterocycles. The molecule has 0 aliphatic heterocycles. The Bertz CT molecular complexity index is 845. The van der Waals surface area contributed by atoms with Crippen molar-refractivity contribution in [1.82, 2.24) is 9.55 Å². The van der Waals surface area contributed by atoms with E-state index in [2.05, 4.69) is 14.9 Å². The van der Waals surface area contributed by atoms with Gasteiger partial charge in [0.15, 0.2) is 0 Å². The summed E-state index contributed by atoms with van der Waals surface area (Å²) in [6, 6.07) is 15.8. The van der Waals surface area contributed by atoms with Crippen LogP contribution in [0.4, 0.5) is 5.95 Å². The van der Waals surface area contributed by atoms with Gasteiger partial charge in [0.2, 0.25) is 5.95 Å². The monoisotopic (exact) mass is 385 g/mol. The first-order valence-electron chi connectivity index (χ1n) is 8.97. The molecule has 0 saturated heterocycles. The van der Waals surface area contributed by atoms with Crippen LogP contribution in [0, 0.1) is 0 Å². The van der Waals surface area contributed by atoms with Gasteiger partial charge in [-0.2, -0.15) is 0 Å². The van der Waals surface area contributed by atoms with E-state index < -0.39 is 0 Å². The Hall–Kier alpha value is -2.50. The van der Waals surface area contributed by atoms with Gasteiger partial charge >= 0.3 is 0 Å². The molecule has 0 radical (unpaired) electrons. The highest BCUT2D eigenvalue weighted by Crippen LogP contribution is 2.26. The number of imidazole rings is 1. The summed E-state index contributed by atoms with van der Waals surface area (Å²) in [5.41, 5.74) is 3.26. The van der Waals surface area contributed by atoms with E-state index in [9.17, 15) is 0 Å².